The van der Waals surface area contributed by atoms with Gasteiger partial charge in [-0.3, -0.25) is 4.79 Å². The fraction of sp³-hybridized carbons (Fsp3) is 0.467. The van der Waals surface area contributed by atoms with Crippen molar-refractivity contribution >= 4 is 23.1 Å². The highest BCUT2D eigenvalue weighted by atomic mass is 32.1. The van der Waals surface area contributed by atoms with Crippen molar-refractivity contribution in [3.63, 3.8) is 0 Å². The van der Waals surface area contributed by atoms with E-state index in [-0.39, 0.29) is 10.9 Å². The molecule has 3 N–H and O–H groups in total. The summed E-state index contributed by atoms with van der Waals surface area (Å²) < 4.78 is 0. The predicted molar refractivity (Wildman–Crippen MR) is 82.8 cm³/mol. The molecule has 0 heterocycles. The fourth-order valence-electron chi connectivity index (χ4n) is 2.18. The van der Waals surface area contributed by atoms with Crippen LogP contribution in [-0.4, -0.2) is 10.9 Å². The highest BCUT2D eigenvalue weighted by molar-refractivity contribution is 7.80. The van der Waals surface area contributed by atoms with Gasteiger partial charge in [-0.15, -0.1) is 0 Å². The molecule has 0 aliphatic carbocycles. The van der Waals surface area contributed by atoms with Crippen LogP contribution >= 0.6 is 12.2 Å². The van der Waals surface area contributed by atoms with Gasteiger partial charge in [-0.2, -0.15) is 0 Å². The number of nitrogens with one attached hydrogen (secondary N) is 1. The lowest BCUT2D eigenvalue weighted by atomic mass is 9.81. The van der Waals surface area contributed by atoms with Crippen molar-refractivity contribution in [1.29, 1.82) is 0 Å². The van der Waals surface area contributed by atoms with E-state index in [1.807, 2.05) is 45.0 Å². The Kier molecular flexibility index (Phi) is 5.48. The summed E-state index contributed by atoms with van der Waals surface area (Å²) in [5.41, 5.74) is 7.31. The normalized spacial score (nSPS) is 11.1. The number of hydrogen-bond acceptors (Lipinski definition) is 2. The quantitative estimate of drug-likeness (QED) is 0.787. The van der Waals surface area contributed by atoms with Crippen LogP contribution < -0.4 is 11.1 Å². The zero-order chi connectivity index (χ0) is 14.5. The molecule has 0 spiro atoms. The van der Waals surface area contributed by atoms with Gasteiger partial charge in [-0.25, -0.2) is 0 Å². The van der Waals surface area contributed by atoms with E-state index in [1.54, 1.807) is 0 Å². The number of amides is 1. The first-order valence-corrected chi connectivity index (χ1v) is 7.01. The number of hydrogen-bond donors (Lipinski definition) is 2. The zero-order valence-electron chi connectivity index (χ0n) is 11.8. The van der Waals surface area contributed by atoms with E-state index in [1.165, 1.54) is 0 Å². The number of nitrogens with two attached hydrogens (primary N) is 1. The summed E-state index contributed by atoms with van der Waals surface area (Å²) in [6.07, 6.45) is 1.25. The van der Waals surface area contributed by atoms with Crippen molar-refractivity contribution in [3.05, 3.63) is 35.4 Å². The van der Waals surface area contributed by atoms with E-state index in [0.29, 0.717) is 19.4 Å². The van der Waals surface area contributed by atoms with Gasteiger partial charge in [-0.1, -0.05) is 50.3 Å². The monoisotopic (exact) mass is 278 g/mol. The highest BCUT2D eigenvalue weighted by Gasteiger charge is 2.37. The molecule has 1 amide bonds. The molecule has 1 aromatic rings. The molecule has 0 radical (unpaired) electrons. The van der Waals surface area contributed by atoms with E-state index in [4.69, 9.17) is 18.0 Å². The second-order valence-electron chi connectivity index (χ2n) is 4.76. The van der Waals surface area contributed by atoms with Gasteiger partial charge in [0.25, 0.3) is 0 Å². The summed E-state index contributed by atoms with van der Waals surface area (Å²) >= 11 is 5.08. The lowest BCUT2D eigenvalue weighted by molar-refractivity contribution is -0.128. The Morgan fingerprint density at radius 2 is 1.89 bits per heavy atom. The second-order valence-corrected chi connectivity index (χ2v) is 5.20. The first-order chi connectivity index (χ1) is 8.97. The molecule has 0 bridgehead atoms. The van der Waals surface area contributed by atoms with Crippen LogP contribution in [0.2, 0.25) is 0 Å². The Hall–Kier alpha value is -1.42. The number of aryl methyl sites for hydroxylation is 1. The predicted octanol–water partition coefficient (Wildman–Crippen LogP) is 2.70. The summed E-state index contributed by atoms with van der Waals surface area (Å²) in [6, 6.07) is 7.99. The summed E-state index contributed by atoms with van der Waals surface area (Å²) in [5.74, 6) is -0.0757. The first-order valence-electron chi connectivity index (χ1n) is 6.60. The van der Waals surface area contributed by atoms with Gasteiger partial charge in [0.05, 0.1) is 10.4 Å². The van der Waals surface area contributed by atoms with Crippen molar-refractivity contribution < 1.29 is 4.79 Å². The van der Waals surface area contributed by atoms with Gasteiger partial charge in [0, 0.05) is 6.54 Å². The molecule has 0 aliphatic heterocycles. The minimum atomic E-state index is -0.724. The molecule has 0 aliphatic rings. The van der Waals surface area contributed by atoms with Gasteiger partial charge < -0.3 is 11.1 Å². The molecule has 1 aromatic carbocycles. The van der Waals surface area contributed by atoms with Crippen LogP contribution in [0.5, 0.6) is 0 Å². The smallest absolute Gasteiger partial charge is 0.233 e. The molecule has 104 valence electrons. The lowest BCUT2D eigenvalue weighted by Gasteiger charge is -2.29. The summed E-state index contributed by atoms with van der Waals surface area (Å²) in [6.45, 7) is 6.42. The molecule has 0 unspecified atom stereocenters. The van der Waals surface area contributed by atoms with E-state index >= 15 is 0 Å². The third-order valence-corrected chi connectivity index (χ3v) is 4.20. The molecule has 0 fully saturated rings. The van der Waals surface area contributed by atoms with Crippen LogP contribution in [0.4, 0.5) is 0 Å². The Balaban J connectivity index is 2.79. The summed E-state index contributed by atoms with van der Waals surface area (Å²) in [5, 5.41) is 2.96. The van der Waals surface area contributed by atoms with Crippen LogP contribution in [0.25, 0.3) is 0 Å². The number of rotatable bonds is 6. The third-order valence-electron chi connectivity index (χ3n) is 3.81. The maximum Gasteiger partial charge on any atom is 0.233 e. The van der Waals surface area contributed by atoms with Crippen molar-refractivity contribution in [2.24, 2.45) is 11.1 Å². The molecule has 0 saturated heterocycles. The lowest BCUT2D eigenvalue weighted by Crippen LogP contribution is -2.48. The van der Waals surface area contributed by atoms with Crippen molar-refractivity contribution in [3.8, 4) is 0 Å². The maximum atomic E-state index is 12.4. The van der Waals surface area contributed by atoms with Crippen molar-refractivity contribution in [1.82, 2.24) is 5.32 Å². The molecule has 3 nitrogen and oxygen atoms in total. The Bertz CT molecular complexity index is 467. The average molecular weight is 278 g/mol. The molecule has 0 atom stereocenters. The standard InChI is InChI=1S/C15H22N2OS/c1-4-15(5-2,13(16)19)14(18)17-10-12-9-7-6-8-11(12)3/h6-9H,4-5,10H2,1-3H3,(H2,16,19)(H,17,18). The van der Waals surface area contributed by atoms with E-state index in [0.717, 1.165) is 11.1 Å². The van der Waals surface area contributed by atoms with Gasteiger partial charge >= 0.3 is 0 Å². The number of thiocarbonyl (C=S) groups is 1. The molecule has 1 rings (SSSR count). The molecular weight excluding hydrogens is 256 g/mol. The van der Waals surface area contributed by atoms with Crippen LogP contribution in [0.15, 0.2) is 24.3 Å². The molecule has 0 saturated carbocycles. The largest absolute Gasteiger partial charge is 0.392 e. The third kappa shape index (κ3) is 3.32. The number of carbonyl (C=O) groups is 1. The van der Waals surface area contributed by atoms with Crippen LogP contribution in [0.3, 0.4) is 0 Å². The Labute approximate surface area is 120 Å². The minimum absolute atomic E-state index is 0.0757. The van der Waals surface area contributed by atoms with Gasteiger partial charge in [0.2, 0.25) is 5.91 Å². The Morgan fingerprint density at radius 1 is 1.32 bits per heavy atom. The molecular formula is C15H22N2OS. The van der Waals surface area contributed by atoms with Crippen LogP contribution in [-0.2, 0) is 11.3 Å². The topological polar surface area (TPSA) is 55.1 Å². The van der Waals surface area contributed by atoms with E-state index < -0.39 is 5.41 Å². The Morgan fingerprint density at radius 3 is 2.37 bits per heavy atom. The molecule has 0 aromatic heterocycles. The minimum Gasteiger partial charge on any atom is -0.392 e. The highest BCUT2D eigenvalue weighted by Crippen LogP contribution is 2.27. The van der Waals surface area contributed by atoms with Crippen molar-refractivity contribution in [2.75, 3.05) is 0 Å². The zero-order valence-corrected chi connectivity index (χ0v) is 12.6. The average Bonchev–Trinajstić information content (AvgIpc) is 2.39. The first kappa shape index (κ1) is 15.6. The van der Waals surface area contributed by atoms with Gasteiger partial charge in [-0.05, 0) is 30.9 Å². The van der Waals surface area contributed by atoms with Crippen molar-refractivity contribution in [2.45, 2.75) is 40.2 Å². The number of benzene rings is 1. The second kappa shape index (κ2) is 6.66. The fourth-order valence-corrected chi connectivity index (χ4v) is 2.57. The summed E-state index contributed by atoms with van der Waals surface area (Å²) in [7, 11) is 0. The summed E-state index contributed by atoms with van der Waals surface area (Å²) in [4.78, 5) is 12.7. The molecule has 4 heteroatoms. The van der Waals surface area contributed by atoms with Gasteiger partial charge in [0.15, 0.2) is 0 Å². The van der Waals surface area contributed by atoms with Crippen LogP contribution in [0, 0.1) is 12.3 Å². The van der Waals surface area contributed by atoms with E-state index in [2.05, 4.69) is 5.32 Å². The SMILES string of the molecule is CCC(CC)(C(=O)NCc1ccccc1C)C(N)=S. The number of carbonyl (C=O) groups excluding carboxylic acids is 1. The van der Waals surface area contributed by atoms with Gasteiger partial charge in [0.1, 0.15) is 0 Å². The maximum absolute atomic E-state index is 12.4. The van der Waals surface area contributed by atoms with Crippen LogP contribution in [0.1, 0.15) is 37.8 Å². The van der Waals surface area contributed by atoms with E-state index in [9.17, 15) is 4.79 Å². The molecule has 19 heavy (non-hydrogen) atoms.